The Morgan fingerprint density at radius 2 is 2.10 bits per heavy atom. The summed E-state index contributed by atoms with van der Waals surface area (Å²) in [5.41, 5.74) is 0.630. The van der Waals surface area contributed by atoms with Crippen LogP contribution in [0.1, 0.15) is 18.4 Å². The van der Waals surface area contributed by atoms with Crippen molar-refractivity contribution in [3.8, 4) is 0 Å². The Bertz CT molecular complexity index is 588. The van der Waals surface area contributed by atoms with Crippen LogP contribution in [-0.4, -0.2) is 55.0 Å². The van der Waals surface area contributed by atoms with Gasteiger partial charge in [-0.15, -0.1) is 0 Å². The van der Waals surface area contributed by atoms with E-state index >= 15 is 0 Å². The van der Waals surface area contributed by atoms with Crippen molar-refractivity contribution < 1.29 is 13.5 Å². The maximum absolute atomic E-state index is 12.7. The van der Waals surface area contributed by atoms with Gasteiger partial charge in [0.1, 0.15) is 0 Å². The maximum Gasteiger partial charge on any atom is 0.243 e. The molecule has 1 atom stereocenters. The highest BCUT2D eigenvalue weighted by atomic mass is 32.2. The van der Waals surface area contributed by atoms with Gasteiger partial charge in [-0.25, -0.2) is 8.42 Å². The molecule has 2 heterocycles. The number of piperazine rings is 1. The number of sulfonamides is 1. The van der Waals surface area contributed by atoms with Crippen LogP contribution in [0.5, 0.6) is 0 Å². The Kier molecular flexibility index (Phi) is 3.81. The summed E-state index contributed by atoms with van der Waals surface area (Å²) in [6.07, 6.45) is 2.25. The van der Waals surface area contributed by atoms with E-state index in [2.05, 4.69) is 4.90 Å². The highest BCUT2D eigenvalue weighted by Crippen LogP contribution is 2.26. The molecule has 2 saturated heterocycles. The summed E-state index contributed by atoms with van der Waals surface area (Å²) in [6.45, 7) is 2.93. The Morgan fingerprint density at radius 3 is 2.90 bits per heavy atom. The molecule has 2 aliphatic rings. The molecule has 2 aliphatic heterocycles. The summed E-state index contributed by atoms with van der Waals surface area (Å²) >= 11 is 0. The Labute approximate surface area is 119 Å². The fourth-order valence-corrected chi connectivity index (χ4v) is 4.67. The van der Waals surface area contributed by atoms with Crippen molar-refractivity contribution in [1.82, 2.24) is 9.21 Å². The van der Waals surface area contributed by atoms with E-state index in [1.54, 1.807) is 28.6 Å². The molecular weight excluding hydrogens is 276 g/mol. The van der Waals surface area contributed by atoms with Gasteiger partial charge in [0, 0.05) is 25.7 Å². The summed E-state index contributed by atoms with van der Waals surface area (Å²) < 4.78 is 26.9. The first-order valence-corrected chi connectivity index (χ1v) is 8.49. The number of hydrogen-bond donors (Lipinski definition) is 1. The third-order valence-corrected chi connectivity index (χ3v) is 6.13. The van der Waals surface area contributed by atoms with Crippen LogP contribution in [0.2, 0.25) is 0 Å². The molecule has 0 amide bonds. The number of fused-ring (bicyclic) bond motifs is 1. The van der Waals surface area contributed by atoms with E-state index in [1.807, 2.05) is 0 Å². The second-order valence-electron chi connectivity index (χ2n) is 5.50. The number of rotatable bonds is 3. The third-order valence-electron chi connectivity index (χ3n) is 4.27. The van der Waals surface area contributed by atoms with Gasteiger partial charge in [-0.05, 0) is 37.1 Å². The monoisotopic (exact) mass is 296 g/mol. The summed E-state index contributed by atoms with van der Waals surface area (Å²) in [6, 6.07) is 6.96. The predicted octanol–water partition coefficient (Wildman–Crippen LogP) is 0.648. The number of aliphatic hydroxyl groups excluding tert-OH is 1. The van der Waals surface area contributed by atoms with Gasteiger partial charge in [0.15, 0.2) is 0 Å². The Balaban J connectivity index is 1.84. The van der Waals surface area contributed by atoms with Crippen molar-refractivity contribution in [3.05, 3.63) is 29.8 Å². The molecule has 0 saturated carbocycles. The smallest absolute Gasteiger partial charge is 0.243 e. The molecule has 1 aromatic rings. The van der Waals surface area contributed by atoms with Crippen molar-refractivity contribution >= 4 is 10.0 Å². The molecule has 110 valence electrons. The molecule has 1 aromatic carbocycles. The molecule has 5 nitrogen and oxygen atoms in total. The molecule has 0 aliphatic carbocycles. The molecule has 20 heavy (non-hydrogen) atoms. The van der Waals surface area contributed by atoms with E-state index in [0.29, 0.717) is 24.7 Å². The van der Waals surface area contributed by atoms with Crippen molar-refractivity contribution in [3.63, 3.8) is 0 Å². The van der Waals surface area contributed by atoms with Gasteiger partial charge in [-0.2, -0.15) is 4.31 Å². The highest BCUT2D eigenvalue weighted by molar-refractivity contribution is 7.89. The van der Waals surface area contributed by atoms with Gasteiger partial charge in [0.05, 0.1) is 11.5 Å². The zero-order chi connectivity index (χ0) is 14.2. The highest BCUT2D eigenvalue weighted by Gasteiger charge is 2.36. The average molecular weight is 296 g/mol. The summed E-state index contributed by atoms with van der Waals surface area (Å²) in [5.74, 6) is 0. The standard InChI is InChI=1S/C14H20N2O3S/c17-11-12-3-1-5-14(9-12)20(18,19)16-8-7-15-6-2-4-13(15)10-16/h1,3,5,9,13,17H,2,4,6-8,10-11H2. The van der Waals surface area contributed by atoms with Crippen LogP contribution < -0.4 is 0 Å². The van der Waals surface area contributed by atoms with Gasteiger partial charge in [0.2, 0.25) is 10.0 Å². The zero-order valence-electron chi connectivity index (χ0n) is 11.4. The van der Waals surface area contributed by atoms with Crippen molar-refractivity contribution in [2.45, 2.75) is 30.4 Å². The minimum atomic E-state index is -3.44. The normalized spacial score (nSPS) is 24.8. The molecule has 6 heteroatoms. The molecule has 1 unspecified atom stereocenters. The van der Waals surface area contributed by atoms with Gasteiger partial charge in [-0.1, -0.05) is 12.1 Å². The number of hydrogen-bond acceptors (Lipinski definition) is 4. The van der Waals surface area contributed by atoms with Gasteiger partial charge >= 0.3 is 0 Å². The van der Waals surface area contributed by atoms with E-state index in [1.165, 1.54) is 6.42 Å². The number of nitrogens with zero attached hydrogens (tertiary/aromatic N) is 2. The van der Waals surface area contributed by atoms with Crippen LogP contribution >= 0.6 is 0 Å². The first-order valence-electron chi connectivity index (χ1n) is 7.05. The van der Waals surface area contributed by atoms with Crippen LogP contribution in [0.4, 0.5) is 0 Å². The quantitative estimate of drug-likeness (QED) is 0.889. The largest absolute Gasteiger partial charge is 0.392 e. The average Bonchev–Trinajstić information content (AvgIpc) is 2.94. The van der Waals surface area contributed by atoms with Crippen molar-refractivity contribution in [2.75, 3.05) is 26.2 Å². The molecule has 3 rings (SSSR count). The van der Waals surface area contributed by atoms with Crippen molar-refractivity contribution in [2.24, 2.45) is 0 Å². The first kappa shape index (κ1) is 14.0. The third kappa shape index (κ3) is 2.48. The topological polar surface area (TPSA) is 60.9 Å². The summed E-state index contributed by atoms with van der Waals surface area (Å²) in [4.78, 5) is 2.67. The first-order chi connectivity index (χ1) is 9.61. The lowest BCUT2D eigenvalue weighted by Crippen LogP contribution is -2.51. The van der Waals surface area contributed by atoms with Crippen LogP contribution in [0, 0.1) is 0 Å². The maximum atomic E-state index is 12.7. The summed E-state index contributed by atoms with van der Waals surface area (Å²) in [5, 5.41) is 9.15. The molecule has 2 fully saturated rings. The predicted molar refractivity (Wildman–Crippen MR) is 75.7 cm³/mol. The van der Waals surface area contributed by atoms with E-state index in [-0.39, 0.29) is 11.5 Å². The zero-order valence-corrected chi connectivity index (χ0v) is 12.2. The molecule has 0 spiro atoms. The second-order valence-corrected chi connectivity index (χ2v) is 7.44. The van der Waals surface area contributed by atoms with E-state index in [0.717, 1.165) is 19.5 Å². The SMILES string of the molecule is O=S(=O)(c1cccc(CO)c1)N1CCN2CCCC2C1. The fraction of sp³-hybridized carbons (Fsp3) is 0.571. The van der Waals surface area contributed by atoms with E-state index < -0.39 is 10.0 Å². The van der Waals surface area contributed by atoms with Crippen molar-refractivity contribution in [1.29, 1.82) is 0 Å². The minimum Gasteiger partial charge on any atom is -0.392 e. The van der Waals surface area contributed by atoms with Crippen LogP contribution in [-0.2, 0) is 16.6 Å². The lowest BCUT2D eigenvalue weighted by Gasteiger charge is -2.36. The molecule has 1 N–H and O–H groups in total. The second kappa shape index (κ2) is 5.44. The molecule has 0 radical (unpaired) electrons. The minimum absolute atomic E-state index is 0.139. The van der Waals surface area contributed by atoms with Gasteiger partial charge in [-0.3, -0.25) is 4.90 Å². The van der Waals surface area contributed by atoms with Crippen LogP contribution in [0.25, 0.3) is 0 Å². The van der Waals surface area contributed by atoms with Crippen LogP contribution in [0.3, 0.4) is 0 Å². The lowest BCUT2D eigenvalue weighted by molar-refractivity contribution is 0.158. The molecule has 0 aromatic heterocycles. The lowest BCUT2D eigenvalue weighted by atomic mass is 10.2. The number of benzene rings is 1. The van der Waals surface area contributed by atoms with E-state index in [4.69, 9.17) is 5.11 Å². The summed E-state index contributed by atoms with van der Waals surface area (Å²) in [7, 11) is -3.44. The van der Waals surface area contributed by atoms with Gasteiger partial charge in [0.25, 0.3) is 0 Å². The Morgan fingerprint density at radius 1 is 1.25 bits per heavy atom. The Hall–Kier alpha value is -0.950. The molecule has 0 bridgehead atoms. The number of aliphatic hydroxyl groups is 1. The molecular formula is C14H20N2O3S. The fourth-order valence-electron chi connectivity index (χ4n) is 3.13. The van der Waals surface area contributed by atoms with Gasteiger partial charge < -0.3 is 5.11 Å². The van der Waals surface area contributed by atoms with Crippen LogP contribution in [0.15, 0.2) is 29.2 Å². The van der Waals surface area contributed by atoms with E-state index in [9.17, 15) is 8.42 Å².